The van der Waals surface area contributed by atoms with Crippen LogP contribution < -0.4 is 4.74 Å². The molecule has 0 unspecified atom stereocenters. The van der Waals surface area contributed by atoms with E-state index in [1.165, 1.54) is 25.0 Å². The lowest BCUT2D eigenvalue weighted by Crippen LogP contribution is -1.96. The highest BCUT2D eigenvalue weighted by atomic mass is 16.6. The molecule has 0 amide bonds. The Hall–Kier alpha value is -2.69. The van der Waals surface area contributed by atoms with E-state index in [0.29, 0.717) is 0 Å². The Morgan fingerprint density at radius 2 is 1.78 bits per heavy atom. The van der Waals surface area contributed by atoms with Gasteiger partial charge in [0, 0.05) is 18.3 Å². The molecule has 0 aromatic heterocycles. The number of unbranched alkanes of at least 4 members (excludes halogenated alkanes) is 2. The Kier molecular flexibility index (Phi) is 6.29. The average Bonchev–Trinajstić information content (AvgIpc) is 2.58. The Morgan fingerprint density at radius 1 is 1.09 bits per heavy atom. The highest BCUT2D eigenvalue weighted by Crippen LogP contribution is 2.19. The molecule has 23 heavy (non-hydrogen) atoms. The fraction of sp³-hybridized carbons (Fsp3) is 0.278. The summed E-state index contributed by atoms with van der Waals surface area (Å²) in [5.74, 6) is 0.843. The van der Waals surface area contributed by atoms with Crippen molar-refractivity contribution in [1.82, 2.24) is 0 Å². The molecule has 0 heterocycles. The van der Waals surface area contributed by atoms with E-state index >= 15 is 0 Å². The predicted octanol–water partition coefficient (Wildman–Crippen LogP) is 4.91. The van der Waals surface area contributed by atoms with Crippen molar-refractivity contribution >= 4 is 17.6 Å². The first-order chi connectivity index (χ1) is 11.2. The summed E-state index contributed by atoms with van der Waals surface area (Å²) in [6, 6.07) is 13.8. The zero-order valence-corrected chi connectivity index (χ0v) is 13.1. The number of hydrogen-bond acceptors (Lipinski definition) is 4. The number of aliphatic imine (C=N–C) groups is 1. The van der Waals surface area contributed by atoms with Crippen LogP contribution in [0, 0.1) is 10.1 Å². The molecule has 5 nitrogen and oxygen atoms in total. The number of ether oxygens (including phenoxy) is 1. The van der Waals surface area contributed by atoms with Gasteiger partial charge in [0.25, 0.3) is 5.69 Å². The van der Waals surface area contributed by atoms with Gasteiger partial charge in [-0.05, 0) is 48.4 Å². The van der Waals surface area contributed by atoms with E-state index in [4.69, 9.17) is 4.74 Å². The van der Waals surface area contributed by atoms with E-state index in [1.807, 2.05) is 24.3 Å². The van der Waals surface area contributed by atoms with Gasteiger partial charge in [-0.2, -0.15) is 0 Å². The van der Waals surface area contributed by atoms with Crippen molar-refractivity contribution in [2.45, 2.75) is 26.2 Å². The maximum absolute atomic E-state index is 10.6. The first kappa shape index (κ1) is 16.7. The van der Waals surface area contributed by atoms with Gasteiger partial charge in [0.05, 0.1) is 17.2 Å². The van der Waals surface area contributed by atoms with Gasteiger partial charge in [0.2, 0.25) is 0 Å². The third-order valence-corrected chi connectivity index (χ3v) is 3.32. The van der Waals surface area contributed by atoms with Crippen molar-refractivity contribution in [2.24, 2.45) is 4.99 Å². The summed E-state index contributed by atoms with van der Waals surface area (Å²) in [6.07, 6.45) is 5.11. The van der Waals surface area contributed by atoms with Gasteiger partial charge < -0.3 is 4.74 Å². The molecule has 0 aliphatic rings. The molecule has 0 bridgehead atoms. The quantitative estimate of drug-likeness (QED) is 0.301. The molecule has 120 valence electrons. The minimum atomic E-state index is -0.417. The second-order valence-electron chi connectivity index (χ2n) is 5.16. The van der Waals surface area contributed by atoms with E-state index in [-0.39, 0.29) is 5.69 Å². The van der Waals surface area contributed by atoms with Crippen molar-refractivity contribution in [3.8, 4) is 5.75 Å². The molecule has 2 aromatic carbocycles. The molecule has 2 aromatic rings. The molecule has 0 N–H and O–H groups in total. The van der Waals surface area contributed by atoms with Crippen LogP contribution >= 0.6 is 0 Å². The molecule has 0 fully saturated rings. The second-order valence-corrected chi connectivity index (χ2v) is 5.16. The zero-order valence-electron chi connectivity index (χ0n) is 13.1. The Bertz CT molecular complexity index is 649. The third kappa shape index (κ3) is 5.54. The van der Waals surface area contributed by atoms with Crippen LogP contribution in [0.4, 0.5) is 11.4 Å². The van der Waals surface area contributed by atoms with Gasteiger partial charge in [-0.3, -0.25) is 15.1 Å². The molecule has 0 radical (unpaired) electrons. The normalized spacial score (nSPS) is 10.8. The van der Waals surface area contributed by atoms with Crippen molar-refractivity contribution in [1.29, 1.82) is 0 Å². The monoisotopic (exact) mass is 312 g/mol. The van der Waals surface area contributed by atoms with Gasteiger partial charge in [-0.25, -0.2) is 0 Å². The van der Waals surface area contributed by atoms with E-state index in [0.717, 1.165) is 30.0 Å². The highest BCUT2D eigenvalue weighted by Gasteiger charge is 2.02. The number of rotatable bonds is 8. The van der Waals surface area contributed by atoms with Crippen LogP contribution in [0.15, 0.2) is 53.5 Å². The summed E-state index contributed by atoms with van der Waals surface area (Å²) in [6.45, 7) is 2.90. The smallest absolute Gasteiger partial charge is 0.269 e. The lowest BCUT2D eigenvalue weighted by atomic mass is 10.2. The van der Waals surface area contributed by atoms with Crippen molar-refractivity contribution < 1.29 is 9.66 Å². The molecule has 0 aliphatic carbocycles. The SMILES string of the molecule is CCCCCOc1ccc(N=Cc2ccc([N+](=O)[O-])cc2)cc1. The predicted molar refractivity (Wildman–Crippen MR) is 91.8 cm³/mol. The van der Waals surface area contributed by atoms with Gasteiger partial charge >= 0.3 is 0 Å². The fourth-order valence-corrected chi connectivity index (χ4v) is 2.00. The zero-order chi connectivity index (χ0) is 16.5. The Labute approximate surface area is 135 Å². The average molecular weight is 312 g/mol. The topological polar surface area (TPSA) is 64.7 Å². The van der Waals surface area contributed by atoms with Crippen LogP contribution in [0.3, 0.4) is 0 Å². The largest absolute Gasteiger partial charge is 0.494 e. The maximum atomic E-state index is 10.6. The van der Waals surface area contributed by atoms with E-state index < -0.39 is 4.92 Å². The minimum Gasteiger partial charge on any atom is -0.494 e. The number of non-ortho nitro benzene ring substituents is 1. The van der Waals surface area contributed by atoms with E-state index in [2.05, 4.69) is 11.9 Å². The lowest BCUT2D eigenvalue weighted by Gasteiger charge is -2.05. The summed E-state index contributed by atoms with van der Waals surface area (Å²) < 4.78 is 5.65. The summed E-state index contributed by atoms with van der Waals surface area (Å²) in [5.41, 5.74) is 1.70. The van der Waals surface area contributed by atoms with E-state index in [9.17, 15) is 10.1 Å². The van der Waals surface area contributed by atoms with Crippen molar-refractivity contribution in [3.63, 3.8) is 0 Å². The minimum absolute atomic E-state index is 0.0757. The number of benzene rings is 2. The van der Waals surface area contributed by atoms with Crippen LogP contribution in [0.2, 0.25) is 0 Å². The maximum Gasteiger partial charge on any atom is 0.269 e. The van der Waals surface area contributed by atoms with Crippen LogP contribution in [0.25, 0.3) is 0 Å². The number of nitrogens with zero attached hydrogens (tertiary/aromatic N) is 2. The van der Waals surface area contributed by atoms with Crippen molar-refractivity contribution in [3.05, 3.63) is 64.2 Å². The molecule has 0 aliphatic heterocycles. The molecule has 0 spiro atoms. The lowest BCUT2D eigenvalue weighted by molar-refractivity contribution is -0.384. The van der Waals surface area contributed by atoms with Gasteiger partial charge in [0.15, 0.2) is 0 Å². The summed E-state index contributed by atoms with van der Waals surface area (Å²) in [7, 11) is 0. The van der Waals surface area contributed by atoms with Crippen LogP contribution in [0.1, 0.15) is 31.7 Å². The van der Waals surface area contributed by atoms with Gasteiger partial charge in [-0.15, -0.1) is 0 Å². The van der Waals surface area contributed by atoms with Gasteiger partial charge in [0.1, 0.15) is 5.75 Å². The summed E-state index contributed by atoms with van der Waals surface area (Å²) >= 11 is 0. The third-order valence-electron chi connectivity index (χ3n) is 3.32. The number of hydrogen-bond donors (Lipinski definition) is 0. The number of nitro benzene ring substituents is 1. The van der Waals surface area contributed by atoms with E-state index in [1.54, 1.807) is 18.3 Å². The molecule has 0 saturated carbocycles. The van der Waals surface area contributed by atoms with Crippen molar-refractivity contribution in [2.75, 3.05) is 6.61 Å². The van der Waals surface area contributed by atoms with Gasteiger partial charge in [-0.1, -0.05) is 19.8 Å². The molecular formula is C18H20N2O3. The summed E-state index contributed by atoms with van der Waals surface area (Å²) in [4.78, 5) is 14.5. The molecule has 0 saturated heterocycles. The Balaban J connectivity index is 1.90. The highest BCUT2D eigenvalue weighted by molar-refractivity contribution is 5.82. The summed E-state index contributed by atoms with van der Waals surface area (Å²) in [5, 5.41) is 10.6. The number of nitro groups is 1. The second kappa shape index (κ2) is 8.68. The van der Waals surface area contributed by atoms with Crippen LogP contribution in [-0.4, -0.2) is 17.7 Å². The molecule has 0 atom stereocenters. The molecule has 2 rings (SSSR count). The standard InChI is InChI=1S/C18H20N2O3/c1-2-3-4-13-23-18-11-7-16(8-12-18)19-14-15-5-9-17(10-6-15)20(21)22/h5-12,14H,2-4,13H2,1H3. The van der Waals surface area contributed by atoms with Crippen LogP contribution in [-0.2, 0) is 0 Å². The first-order valence-corrected chi connectivity index (χ1v) is 7.70. The molecule has 5 heteroatoms. The first-order valence-electron chi connectivity index (χ1n) is 7.70. The fourth-order valence-electron chi connectivity index (χ4n) is 2.00. The Morgan fingerprint density at radius 3 is 2.39 bits per heavy atom. The van der Waals surface area contributed by atoms with Crippen LogP contribution in [0.5, 0.6) is 5.75 Å². The molecular weight excluding hydrogens is 292 g/mol.